The lowest BCUT2D eigenvalue weighted by Gasteiger charge is -2.22. The van der Waals surface area contributed by atoms with Gasteiger partial charge in [0, 0.05) is 16.9 Å². The number of unbranched alkanes of at least 4 members (excludes halogenated alkanes) is 2. The Morgan fingerprint density at radius 3 is 2.41 bits per heavy atom. The van der Waals surface area contributed by atoms with Gasteiger partial charge in [0.05, 0.1) is 6.10 Å². The molecule has 0 aromatic heterocycles. The third kappa shape index (κ3) is 4.78. The minimum atomic E-state index is -0.326. The van der Waals surface area contributed by atoms with Crippen LogP contribution in [-0.4, -0.2) is 17.8 Å². The first kappa shape index (κ1) is 14.7. The van der Waals surface area contributed by atoms with Crippen LogP contribution in [0.4, 0.5) is 0 Å². The number of rotatable bonds is 7. The van der Waals surface area contributed by atoms with Gasteiger partial charge in [0.15, 0.2) is 0 Å². The van der Waals surface area contributed by atoms with Crippen molar-refractivity contribution in [2.45, 2.75) is 44.6 Å². The van der Waals surface area contributed by atoms with Gasteiger partial charge >= 0.3 is 0 Å². The average molecular weight is 300 g/mol. The molecule has 0 aliphatic heterocycles. The molecule has 3 N–H and O–H groups in total. The highest BCUT2D eigenvalue weighted by atomic mass is 79.9. The van der Waals surface area contributed by atoms with Gasteiger partial charge < -0.3 is 10.8 Å². The van der Waals surface area contributed by atoms with Crippen molar-refractivity contribution in [3.05, 3.63) is 34.3 Å². The zero-order valence-electron chi connectivity index (χ0n) is 10.4. The summed E-state index contributed by atoms with van der Waals surface area (Å²) in [6.07, 6.45) is 3.94. The molecule has 1 aromatic rings. The summed E-state index contributed by atoms with van der Waals surface area (Å²) in [5.74, 6) is 0.0555. The maximum Gasteiger partial charge on any atom is 0.0620 e. The van der Waals surface area contributed by atoms with Crippen LogP contribution in [0.15, 0.2) is 28.7 Å². The number of nitrogens with two attached hydrogens (primary N) is 1. The molecule has 2 atom stereocenters. The van der Waals surface area contributed by atoms with Crippen LogP contribution in [0.5, 0.6) is 0 Å². The van der Waals surface area contributed by atoms with Crippen molar-refractivity contribution in [3.63, 3.8) is 0 Å². The number of hydrogen-bond donors (Lipinski definition) is 2. The molecule has 0 saturated heterocycles. The Bertz CT molecular complexity index is 313. The van der Waals surface area contributed by atoms with E-state index < -0.39 is 0 Å². The standard InChI is InChI=1S/C14H22BrNO/c1-2-3-4-5-14(17)13(10-16)11-6-8-12(15)9-7-11/h6-9,13-14,17H,2-5,10,16H2,1H3. The fourth-order valence-corrected chi connectivity index (χ4v) is 2.29. The van der Waals surface area contributed by atoms with E-state index in [9.17, 15) is 5.11 Å². The molecular formula is C14H22BrNO. The van der Waals surface area contributed by atoms with E-state index in [-0.39, 0.29) is 12.0 Å². The van der Waals surface area contributed by atoms with Crippen LogP contribution in [0.2, 0.25) is 0 Å². The molecule has 1 aromatic carbocycles. The first-order valence-corrected chi connectivity index (χ1v) is 7.12. The van der Waals surface area contributed by atoms with E-state index in [1.54, 1.807) is 0 Å². The largest absolute Gasteiger partial charge is 0.392 e. The van der Waals surface area contributed by atoms with Gasteiger partial charge in [-0.05, 0) is 24.1 Å². The number of benzene rings is 1. The van der Waals surface area contributed by atoms with Gasteiger partial charge in [0.25, 0.3) is 0 Å². The van der Waals surface area contributed by atoms with Crippen LogP contribution in [-0.2, 0) is 0 Å². The van der Waals surface area contributed by atoms with Crippen molar-refractivity contribution in [2.24, 2.45) is 5.73 Å². The van der Waals surface area contributed by atoms with Gasteiger partial charge in [-0.15, -0.1) is 0 Å². The van der Waals surface area contributed by atoms with Gasteiger partial charge in [0.1, 0.15) is 0 Å². The normalized spacial score (nSPS) is 14.6. The van der Waals surface area contributed by atoms with Gasteiger partial charge in [-0.1, -0.05) is 54.2 Å². The Kier molecular flexibility index (Phi) is 6.78. The second-order valence-electron chi connectivity index (χ2n) is 4.46. The maximum absolute atomic E-state index is 10.2. The summed E-state index contributed by atoms with van der Waals surface area (Å²) in [4.78, 5) is 0. The van der Waals surface area contributed by atoms with E-state index >= 15 is 0 Å². The molecule has 0 aliphatic carbocycles. The molecule has 0 aliphatic rings. The summed E-state index contributed by atoms with van der Waals surface area (Å²) < 4.78 is 1.05. The summed E-state index contributed by atoms with van der Waals surface area (Å²) in [6, 6.07) is 8.06. The Labute approximate surface area is 112 Å². The van der Waals surface area contributed by atoms with Crippen molar-refractivity contribution in [2.75, 3.05) is 6.54 Å². The summed E-state index contributed by atoms with van der Waals surface area (Å²) >= 11 is 3.41. The Hall–Kier alpha value is -0.380. The lowest BCUT2D eigenvalue weighted by Crippen LogP contribution is -2.25. The number of hydrogen-bond acceptors (Lipinski definition) is 2. The number of aliphatic hydroxyl groups is 1. The predicted octanol–water partition coefficient (Wildman–Crippen LogP) is 3.43. The van der Waals surface area contributed by atoms with Crippen molar-refractivity contribution < 1.29 is 5.11 Å². The fraction of sp³-hybridized carbons (Fsp3) is 0.571. The molecule has 0 heterocycles. The second kappa shape index (κ2) is 7.85. The van der Waals surface area contributed by atoms with Gasteiger partial charge in [-0.25, -0.2) is 0 Å². The molecule has 3 heteroatoms. The van der Waals surface area contributed by atoms with Crippen LogP contribution < -0.4 is 5.73 Å². The predicted molar refractivity (Wildman–Crippen MR) is 76.1 cm³/mol. The molecule has 2 nitrogen and oxygen atoms in total. The SMILES string of the molecule is CCCCCC(O)C(CN)c1ccc(Br)cc1. The molecule has 0 amide bonds. The minimum absolute atomic E-state index is 0.0555. The van der Waals surface area contributed by atoms with E-state index in [1.165, 1.54) is 12.8 Å². The topological polar surface area (TPSA) is 46.2 Å². The summed E-state index contributed by atoms with van der Waals surface area (Å²) in [7, 11) is 0. The summed E-state index contributed by atoms with van der Waals surface area (Å²) in [5.41, 5.74) is 6.90. The van der Waals surface area contributed by atoms with Crippen LogP contribution in [0.1, 0.15) is 44.1 Å². The lowest BCUT2D eigenvalue weighted by molar-refractivity contribution is 0.132. The molecule has 0 saturated carbocycles. The summed E-state index contributed by atoms with van der Waals surface area (Å²) in [5, 5.41) is 10.2. The van der Waals surface area contributed by atoms with Gasteiger partial charge in [-0.2, -0.15) is 0 Å². The van der Waals surface area contributed by atoms with Crippen LogP contribution >= 0.6 is 15.9 Å². The van der Waals surface area contributed by atoms with Crippen LogP contribution in [0.25, 0.3) is 0 Å². The van der Waals surface area contributed by atoms with E-state index in [0.29, 0.717) is 6.54 Å². The maximum atomic E-state index is 10.2. The van der Waals surface area contributed by atoms with Gasteiger partial charge in [-0.3, -0.25) is 0 Å². The Morgan fingerprint density at radius 2 is 1.88 bits per heavy atom. The zero-order chi connectivity index (χ0) is 12.7. The van der Waals surface area contributed by atoms with Crippen LogP contribution in [0.3, 0.4) is 0 Å². The van der Waals surface area contributed by atoms with E-state index in [2.05, 4.69) is 22.9 Å². The molecule has 96 valence electrons. The number of aliphatic hydroxyl groups excluding tert-OH is 1. The molecule has 0 radical (unpaired) electrons. The first-order chi connectivity index (χ1) is 8.19. The van der Waals surface area contributed by atoms with E-state index in [1.807, 2.05) is 24.3 Å². The third-order valence-electron chi connectivity index (χ3n) is 3.12. The number of halogens is 1. The monoisotopic (exact) mass is 299 g/mol. The highest BCUT2D eigenvalue weighted by Gasteiger charge is 2.19. The molecule has 0 spiro atoms. The highest BCUT2D eigenvalue weighted by Crippen LogP contribution is 2.24. The lowest BCUT2D eigenvalue weighted by atomic mass is 9.90. The van der Waals surface area contributed by atoms with Gasteiger partial charge in [0.2, 0.25) is 0 Å². The van der Waals surface area contributed by atoms with Crippen molar-refractivity contribution in [3.8, 4) is 0 Å². The molecular weight excluding hydrogens is 278 g/mol. The first-order valence-electron chi connectivity index (χ1n) is 6.32. The molecule has 2 unspecified atom stereocenters. The third-order valence-corrected chi connectivity index (χ3v) is 3.65. The minimum Gasteiger partial charge on any atom is -0.392 e. The Morgan fingerprint density at radius 1 is 1.24 bits per heavy atom. The quantitative estimate of drug-likeness (QED) is 0.758. The second-order valence-corrected chi connectivity index (χ2v) is 5.37. The summed E-state index contributed by atoms with van der Waals surface area (Å²) in [6.45, 7) is 2.66. The van der Waals surface area contributed by atoms with Crippen molar-refractivity contribution >= 4 is 15.9 Å². The van der Waals surface area contributed by atoms with E-state index in [4.69, 9.17) is 5.73 Å². The molecule has 0 fully saturated rings. The van der Waals surface area contributed by atoms with Crippen molar-refractivity contribution in [1.29, 1.82) is 0 Å². The molecule has 1 rings (SSSR count). The average Bonchev–Trinajstić information content (AvgIpc) is 2.33. The van der Waals surface area contributed by atoms with Crippen LogP contribution in [0, 0.1) is 0 Å². The zero-order valence-corrected chi connectivity index (χ0v) is 12.0. The van der Waals surface area contributed by atoms with E-state index in [0.717, 1.165) is 22.9 Å². The molecule has 17 heavy (non-hydrogen) atoms. The fourth-order valence-electron chi connectivity index (χ4n) is 2.03. The highest BCUT2D eigenvalue weighted by molar-refractivity contribution is 9.10. The Balaban J connectivity index is 2.60. The van der Waals surface area contributed by atoms with Crippen molar-refractivity contribution in [1.82, 2.24) is 0 Å². The molecule has 0 bridgehead atoms. The smallest absolute Gasteiger partial charge is 0.0620 e.